The summed E-state index contributed by atoms with van der Waals surface area (Å²) in [5, 5.41) is 15.9. The van der Waals surface area contributed by atoms with Crippen molar-refractivity contribution < 1.29 is 23.1 Å². The Labute approximate surface area is 163 Å². The molecule has 1 atom stereocenters. The number of methoxy groups -OCH3 is 1. The Morgan fingerprint density at radius 1 is 1.29 bits per heavy atom. The number of phenolic OH excluding ortho intramolecular Hbond substituents is 1. The van der Waals surface area contributed by atoms with Gasteiger partial charge < -0.3 is 9.84 Å². The maximum Gasteiger partial charge on any atom is 0.240 e. The Kier molecular flexibility index (Phi) is 5.28. The normalized spacial score (nSPS) is 16.6. The summed E-state index contributed by atoms with van der Waals surface area (Å²) in [5.74, 6) is 0.0230. The molecular formula is C19H21N3O5S. The lowest BCUT2D eigenvalue weighted by atomic mass is 9.97. The molecule has 0 aliphatic carbocycles. The lowest BCUT2D eigenvalue weighted by molar-refractivity contribution is -0.130. The summed E-state index contributed by atoms with van der Waals surface area (Å²) in [6, 6.07) is 11.3. The van der Waals surface area contributed by atoms with Crippen LogP contribution < -0.4 is 9.46 Å². The van der Waals surface area contributed by atoms with Crippen LogP contribution in [0.3, 0.4) is 0 Å². The number of benzene rings is 2. The zero-order valence-electron chi connectivity index (χ0n) is 15.7. The van der Waals surface area contributed by atoms with E-state index < -0.39 is 16.1 Å². The van der Waals surface area contributed by atoms with Crippen molar-refractivity contribution in [2.24, 2.45) is 5.10 Å². The first-order chi connectivity index (χ1) is 13.2. The summed E-state index contributed by atoms with van der Waals surface area (Å²) >= 11 is 0. The number of nitrogens with zero attached hydrogens (tertiary/aromatic N) is 2. The fourth-order valence-corrected chi connectivity index (χ4v) is 3.78. The van der Waals surface area contributed by atoms with E-state index in [1.165, 1.54) is 25.1 Å². The Morgan fingerprint density at radius 3 is 2.64 bits per heavy atom. The molecule has 0 spiro atoms. The molecule has 3 rings (SSSR count). The highest BCUT2D eigenvalue weighted by Crippen LogP contribution is 2.41. The Bertz CT molecular complexity index is 1050. The van der Waals surface area contributed by atoms with Crippen molar-refractivity contribution in [2.75, 3.05) is 18.1 Å². The van der Waals surface area contributed by atoms with E-state index in [1.54, 1.807) is 36.4 Å². The van der Waals surface area contributed by atoms with Gasteiger partial charge in [-0.3, -0.25) is 9.52 Å². The summed E-state index contributed by atoms with van der Waals surface area (Å²) < 4.78 is 30.7. The van der Waals surface area contributed by atoms with Crippen molar-refractivity contribution in [3.8, 4) is 11.5 Å². The van der Waals surface area contributed by atoms with E-state index in [0.717, 1.165) is 6.26 Å². The standard InChI is InChI=1S/C19H21N3O5S/c1-12(23)22-17(15-8-5-9-18(24)19(15)27-2)11-16(20-22)13-6-4-7-14(10-13)21-28(3,25)26/h4-10,17,21,24H,11H2,1-3H3/t17-/m1/s1. The van der Waals surface area contributed by atoms with Crippen LogP contribution in [0.4, 0.5) is 5.69 Å². The van der Waals surface area contributed by atoms with Crippen molar-refractivity contribution in [3.05, 3.63) is 53.6 Å². The second kappa shape index (κ2) is 7.51. The molecule has 8 nitrogen and oxygen atoms in total. The van der Waals surface area contributed by atoms with Gasteiger partial charge in [0.25, 0.3) is 0 Å². The van der Waals surface area contributed by atoms with Gasteiger partial charge in [0.2, 0.25) is 15.9 Å². The highest BCUT2D eigenvalue weighted by atomic mass is 32.2. The monoisotopic (exact) mass is 403 g/mol. The number of anilines is 1. The van der Waals surface area contributed by atoms with E-state index >= 15 is 0 Å². The molecule has 0 radical (unpaired) electrons. The molecule has 0 unspecified atom stereocenters. The van der Waals surface area contributed by atoms with Crippen molar-refractivity contribution in [3.63, 3.8) is 0 Å². The molecule has 9 heteroatoms. The van der Waals surface area contributed by atoms with E-state index in [1.807, 2.05) is 0 Å². The van der Waals surface area contributed by atoms with Crippen LogP contribution in [0.2, 0.25) is 0 Å². The zero-order valence-corrected chi connectivity index (χ0v) is 16.5. The van der Waals surface area contributed by atoms with Crippen molar-refractivity contribution >= 4 is 27.3 Å². The fraction of sp³-hybridized carbons (Fsp3) is 0.263. The maximum atomic E-state index is 12.2. The van der Waals surface area contributed by atoms with Crippen molar-refractivity contribution in [1.29, 1.82) is 0 Å². The van der Waals surface area contributed by atoms with Crippen molar-refractivity contribution in [1.82, 2.24) is 5.01 Å². The smallest absolute Gasteiger partial charge is 0.240 e. The second-order valence-corrected chi connectivity index (χ2v) is 8.23. The van der Waals surface area contributed by atoms with Gasteiger partial charge in [0, 0.05) is 24.6 Å². The third-order valence-corrected chi connectivity index (χ3v) is 4.93. The van der Waals surface area contributed by atoms with E-state index in [9.17, 15) is 18.3 Å². The minimum atomic E-state index is -3.41. The molecule has 0 aromatic heterocycles. The number of amides is 1. The number of aromatic hydroxyl groups is 1. The third kappa shape index (κ3) is 4.09. The molecule has 0 fully saturated rings. The van der Waals surface area contributed by atoms with Crippen LogP contribution in [0.15, 0.2) is 47.6 Å². The van der Waals surface area contributed by atoms with Gasteiger partial charge in [-0.05, 0) is 23.8 Å². The molecule has 0 saturated heterocycles. The van der Waals surface area contributed by atoms with E-state index in [0.29, 0.717) is 34.7 Å². The maximum absolute atomic E-state index is 12.2. The van der Waals surface area contributed by atoms with Crippen LogP contribution in [0.1, 0.15) is 30.5 Å². The number of phenols is 1. The number of carbonyl (C=O) groups excluding carboxylic acids is 1. The number of hydrogen-bond acceptors (Lipinski definition) is 6. The quantitative estimate of drug-likeness (QED) is 0.797. The van der Waals surface area contributed by atoms with Crippen LogP contribution in [-0.2, 0) is 14.8 Å². The number of rotatable bonds is 5. The highest BCUT2D eigenvalue weighted by Gasteiger charge is 2.34. The minimum Gasteiger partial charge on any atom is -0.504 e. The molecule has 1 heterocycles. The lowest BCUT2D eigenvalue weighted by Gasteiger charge is -2.22. The van der Waals surface area contributed by atoms with E-state index in [-0.39, 0.29) is 11.7 Å². The van der Waals surface area contributed by atoms with E-state index in [2.05, 4.69) is 9.82 Å². The average molecular weight is 403 g/mol. The minimum absolute atomic E-state index is 0.0173. The first-order valence-corrected chi connectivity index (χ1v) is 10.4. The Morgan fingerprint density at radius 2 is 2.00 bits per heavy atom. The van der Waals surface area contributed by atoms with Crippen LogP contribution in [-0.4, -0.2) is 43.5 Å². The first-order valence-electron chi connectivity index (χ1n) is 8.51. The second-order valence-electron chi connectivity index (χ2n) is 6.48. The molecule has 0 saturated carbocycles. The molecule has 2 aromatic rings. The summed E-state index contributed by atoms with van der Waals surface area (Å²) in [6.45, 7) is 1.41. The lowest BCUT2D eigenvalue weighted by Crippen LogP contribution is -2.24. The van der Waals surface area contributed by atoms with Gasteiger partial charge in [-0.15, -0.1) is 0 Å². The number of ether oxygens (including phenoxy) is 1. The average Bonchev–Trinajstić information content (AvgIpc) is 3.06. The van der Waals surface area contributed by atoms with Crippen LogP contribution in [0.25, 0.3) is 0 Å². The van der Waals surface area contributed by atoms with Crippen LogP contribution in [0.5, 0.6) is 11.5 Å². The number of para-hydroxylation sites is 1. The number of nitrogens with one attached hydrogen (secondary N) is 1. The molecule has 28 heavy (non-hydrogen) atoms. The van der Waals surface area contributed by atoms with Gasteiger partial charge in [0.1, 0.15) is 0 Å². The van der Waals surface area contributed by atoms with E-state index in [4.69, 9.17) is 4.74 Å². The predicted octanol–water partition coefficient (Wildman–Crippen LogP) is 2.47. The molecular weight excluding hydrogens is 382 g/mol. The van der Waals surface area contributed by atoms with Crippen LogP contribution >= 0.6 is 0 Å². The number of sulfonamides is 1. The topological polar surface area (TPSA) is 108 Å². The highest BCUT2D eigenvalue weighted by molar-refractivity contribution is 7.92. The molecule has 1 aliphatic rings. The molecule has 2 N–H and O–H groups in total. The summed E-state index contributed by atoms with van der Waals surface area (Å²) in [5.41, 5.74) is 2.38. The van der Waals surface area contributed by atoms with Gasteiger partial charge in [0.15, 0.2) is 11.5 Å². The molecule has 1 aliphatic heterocycles. The SMILES string of the molecule is COc1c(O)cccc1[C@H]1CC(c2cccc(NS(C)(=O)=O)c2)=NN1C(C)=O. The molecule has 148 valence electrons. The molecule has 1 amide bonds. The first kappa shape index (κ1) is 19.7. The summed E-state index contributed by atoms with van der Waals surface area (Å²) in [7, 11) is -1.96. The number of hydrogen-bond donors (Lipinski definition) is 2. The van der Waals surface area contributed by atoms with Gasteiger partial charge in [0.05, 0.1) is 25.1 Å². The van der Waals surface area contributed by atoms with Crippen LogP contribution in [0, 0.1) is 0 Å². The molecule has 2 aromatic carbocycles. The number of carbonyl (C=O) groups is 1. The zero-order chi connectivity index (χ0) is 20.5. The number of hydrazone groups is 1. The van der Waals surface area contributed by atoms with Gasteiger partial charge in [-0.25, -0.2) is 13.4 Å². The third-order valence-electron chi connectivity index (χ3n) is 4.32. The van der Waals surface area contributed by atoms with Crippen molar-refractivity contribution in [2.45, 2.75) is 19.4 Å². The predicted molar refractivity (Wildman–Crippen MR) is 106 cm³/mol. The van der Waals surface area contributed by atoms with Gasteiger partial charge in [-0.2, -0.15) is 5.10 Å². The summed E-state index contributed by atoms with van der Waals surface area (Å²) in [4.78, 5) is 12.2. The largest absolute Gasteiger partial charge is 0.504 e. The Balaban J connectivity index is 1.98. The Hall–Kier alpha value is -3.07. The van der Waals surface area contributed by atoms with Gasteiger partial charge >= 0.3 is 0 Å². The summed E-state index contributed by atoms with van der Waals surface area (Å²) in [6.07, 6.45) is 1.47. The van der Waals surface area contributed by atoms with Gasteiger partial charge in [-0.1, -0.05) is 24.3 Å². The fourth-order valence-electron chi connectivity index (χ4n) is 3.22. The molecule has 0 bridgehead atoms.